The van der Waals surface area contributed by atoms with Crippen molar-refractivity contribution in [1.29, 1.82) is 0 Å². The van der Waals surface area contributed by atoms with E-state index in [0.717, 1.165) is 5.56 Å². The molecule has 0 saturated carbocycles. The minimum absolute atomic E-state index is 0.162. The van der Waals surface area contributed by atoms with Crippen molar-refractivity contribution in [2.75, 3.05) is 0 Å². The molecule has 90 valence electrons. The Morgan fingerprint density at radius 1 is 1.65 bits per heavy atom. The lowest BCUT2D eigenvalue weighted by Crippen LogP contribution is -2.07. The second-order valence-electron chi connectivity index (χ2n) is 3.48. The molecule has 0 amide bonds. The standard InChI is InChI=1S/C10H9ClN2O3S/c1-4-2-5(17-9(4)11)8(14)6-7(10(15)16)13-3-12-6/h2-3,8,14H,1H3,(H,12,13)(H,15,16). The summed E-state index contributed by atoms with van der Waals surface area (Å²) in [5.74, 6) is -1.18. The lowest BCUT2D eigenvalue weighted by atomic mass is 10.1. The molecule has 0 aliphatic carbocycles. The molecule has 2 heterocycles. The van der Waals surface area contributed by atoms with Crippen molar-refractivity contribution in [2.24, 2.45) is 0 Å². The van der Waals surface area contributed by atoms with E-state index in [1.165, 1.54) is 17.7 Å². The van der Waals surface area contributed by atoms with Crippen molar-refractivity contribution in [1.82, 2.24) is 9.97 Å². The van der Waals surface area contributed by atoms with Gasteiger partial charge in [0.25, 0.3) is 0 Å². The number of aromatic amines is 1. The fraction of sp³-hybridized carbons (Fsp3) is 0.200. The summed E-state index contributed by atoms with van der Waals surface area (Å²) in [6, 6.07) is 1.73. The van der Waals surface area contributed by atoms with Gasteiger partial charge in [0, 0.05) is 4.88 Å². The number of rotatable bonds is 3. The van der Waals surface area contributed by atoms with Crippen LogP contribution in [0.5, 0.6) is 0 Å². The number of aliphatic hydroxyl groups excluding tert-OH is 1. The molecule has 0 fully saturated rings. The summed E-state index contributed by atoms with van der Waals surface area (Å²) in [5, 5.41) is 19.0. The van der Waals surface area contributed by atoms with Crippen LogP contribution in [0.15, 0.2) is 12.4 Å². The predicted octanol–water partition coefficient (Wildman–Crippen LogP) is 2.21. The van der Waals surface area contributed by atoms with Crippen molar-refractivity contribution in [3.63, 3.8) is 0 Å². The van der Waals surface area contributed by atoms with Crippen LogP contribution in [0, 0.1) is 6.92 Å². The van der Waals surface area contributed by atoms with Crippen LogP contribution < -0.4 is 0 Å². The molecule has 0 bridgehead atoms. The Morgan fingerprint density at radius 2 is 2.35 bits per heavy atom. The van der Waals surface area contributed by atoms with Crippen molar-refractivity contribution in [3.05, 3.63) is 38.6 Å². The monoisotopic (exact) mass is 272 g/mol. The Labute approximate surface area is 106 Å². The van der Waals surface area contributed by atoms with Crippen LogP contribution in [0.2, 0.25) is 4.34 Å². The van der Waals surface area contributed by atoms with E-state index in [4.69, 9.17) is 16.7 Å². The van der Waals surface area contributed by atoms with Crippen molar-refractivity contribution in [2.45, 2.75) is 13.0 Å². The van der Waals surface area contributed by atoms with Crippen LogP contribution in [0.25, 0.3) is 0 Å². The molecule has 0 aromatic carbocycles. The molecule has 7 heteroatoms. The van der Waals surface area contributed by atoms with E-state index in [1.54, 1.807) is 6.07 Å². The predicted molar refractivity (Wildman–Crippen MR) is 63.7 cm³/mol. The number of nitrogens with zero attached hydrogens (tertiary/aromatic N) is 1. The first kappa shape index (κ1) is 12.1. The van der Waals surface area contributed by atoms with Gasteiger partial charge in [-0.3, -0.25) is 0 Å². The van der Waals surface area contributed by atoms with E-state index < -0.39 is 12.1 Å². The minimum Gasteiger partial charge on any atom is -0.476 e. The van der Waals surface area contributed by atoms with E-state index in [0.29, 0.717) is 9.21 Å². The number of thiophene rings is 1. The van der Waals surface area contributed by atoms with Crippen molar-refractivity contribution >= 4 is 28.9 Å². The topological polar surface area (TPSA) is 86.2 Å². The molecule has 17 heavy (non-hydrogen) atoms. The number of imidazole rings is 1. The summed E-state index contributed by atoms with van der Waals surface area (Å²) in [6.07, 6.45) is 0.184. The number of aromatic carboxylic acids is 1. The average molecular weight is 273 g/mol. The zero-order valence-electron chi connectivity index (χ0n) is 8.77. The first-order valence-corrected chi connectivity index (χ1v) is 5.90. The van der Waals surface area contributed by atoms with Crippen LogP contribution >= 0.6 is 22.9 Å². The van der Waals surface area contributed by atoms with Gasteiger partial charge in [0.2, 0.25) is 0 Å². The second kappa shape index (κ2) is 4.48. The van der Waals surface area contributed by atoms with Gasteiger partial charge >= 0.3 is 5.97 Å². The highest BCUT2D eigenvalue weighted by Gasteiger charge is 2.23. The number of hydrogen-bond acceptors (Lipinski definition) is 4. The van der Waals surface area contributed by atoms with Gasteiger partial charge in [-0.25, -0.2) is 9.78 Å². The number of hydrogen-bond donors (Lipinski definition) is 3. The van der Waals surface area contributed by atoms with Gasteiger partial charge in [-0.1, -0.05) is 11.6 Å². The molecule has 0 aliphatic heterocycles. The normalized spacial score (nSPS) is 12.6. The number of aliphatic hydroxyl groups is 1. The molecule has 2 aromatic rings. The highest BCUT2D eigenvalue weighted by Crippen LogP contribution is 2.34. The first-order valence-electron chi connectivity index (χ1n) is 4.71. The third-order valence-corrected chi connectivity index (χ3v) is 3.90. The number of aromatic nitrogens is 2. The fourth-order valence-corrected chi connectivity index (χ4v) is 2.66. The fourth-order valence-electron chi connectivity index (χ4n) is 1.44. The number of halogens is 1. The van der Waals surface area contributed by atoms with E-state index in [9.17, 15) is 9.90 Å². The molecule has 0 spiro atoms. The molecule has 1 atom stereocenters. The third-order valence-electron chi connectivity index (χ3n) is 2.29. The van der Waals surface area contributed by atoms with Gasteiger partial charge in [-0.2, -0.15) is 0 Å². The summed E-state index contributed by atoms with van der Waals surface area (Å²) in [7, 11) is 0. The molecule has 0 radical (unpaired) electrons. The lowest BCUT2D eigenvalue weighted by molar-refractivity contribution is 0.0685. The number of H-pyrrole nitrogens is 1. The molecule has 2 aromatic heterocycles. The van der Waals surface area contributed by atoms with Crippen LogP contribution in [0.4, 0.5) is 0 Å². The number of nitrogens with one attached hydrogen (secondary N) is 1. The Kier molecular flexibility index (Phi) is 3.19. The first-order chi connectivity index (χ1) is 8.00. The van der Waals surface area contributed by atoms with Crippen molar-refractivity contribution < 1.29 is 15.0 Å². The molecule has 3 N–H and O–H groups in total. The maximum Gasteiger partial charge on any atom is 0.356 e. The van der Waals surface area contributed by atoms with Crippen molar-refractivity contribution in [3.8, 4) is 0 Å². The molecule has 0 aliphatic rings. The summed E-state index contributed by atoms with van der Waals surface area (Å²) in [4.78, 5) is 17.7. The zero-order valence-corrected chi connectivity index (χ0v) is 10.3. The van der Waals surface area contributed by atoms with Gasteiger partial charge in [0.15, 0.2) is 5.69 Å². The highest BCUT2D eigenvalue weighted by atomic mass is 35.5. The Balaban J connectivity index is 2.40. The molecule has 5 nitrogen and oxygen atoms in total. The molecular weight excluding hydrogens is 264 g/mol. The molecular formula is C10H9ClN2O3S. The summed E-state index contributed by atoms with van der Waals surface area (Å²) >= 11 is 7.12. The number of aryl methyl sites for hydroxylation is 1. The molecule has 0 saturated heterocycles. The van der Waals surface area contributed by atoms with Gasteiger partial charge in [-0.05, 0) is 18.6 Å². The Hall–Kier alpha value is -1.37. The smallest absolute Gasteiger partial charge is 0.356 e. The van der Waals surface area contributed by atoms with E-state index >= 15 is 0 Å². The lowest BCUT2D eigenvalue weighted by Gasteiger charge is -2.06. The van der Waals surface area contributed by atoms with Crippen LogP contribution in [-0.4, -0.2) is 26.2 Å². The number of carboxylic acid groups (broad SMARTS) is 1. The Morgan fingerprint density at radius 3 is 2.88 bits per heavy atom. The van der Waals surface area contributed by atoms with Gasteiger partial charge < -0.3 is 15.2 Å². The summed E-state index contributed by atoms with van der Waals surface area (Å²) < 4.78 is 0.579. The minimum atomic E-state index is -1.18. The maximum absolute atomic E-state index is 10.9. The maximum atomic E-state index is 10.9. The number of carboxylic acids is 1. The van der Waals surface area contributed by atoms with Crippen LogP contribution in [-0.2, 0) is 0 Å². The van der Waals surface area contributed by atoms with E-state index in [2.05, 4.69) is 9.97 Å². The van der Waals surface area contributed by atoms with E-state index in [-0.39, 0.29) is 11.4 Å². The molecule has 2 rings (SSSR count). The summed E-state index contributed by atoms with van der Waals surface area (Å²) in [5.41, 5.74) is 0.831. The quantitative estimate of drug-likeness (QED) is 0.800. The van der Waals surface area contributed by atoms with Gasteiger partial charge in [0.05, 0.1) is 16.4 Å². The van der Waals surface area contributed by atoms with E-state index in [1.807, 2.05) is 6.92 Å². The third kappa shape index (κ3) is 2.19. The largest absolute Gasteiger partial charge is 0.476 e. The highest BCUT2D eigenvalue weighted by molar-refractivity contribution is 7.16. The Bertz CT molecular complexity index is 544. The molecule has 1 unspecified atom stereocenters. The van der Waals surface area contributed by atoms with Gasteiger partial charge in [-0.15, -0.1) is 11.3 Å². The van der Waals surface area contributed by atoms with Crippen LogP contribution in [0.1, 0.15) is 32.7 Å². The zero-order chi connectivity index (χ0) is 12.6. The number of carbonyl (C=O) groups is 1. The SMILES string of the molecule is Cc1cc(C(O)c2[nH]cnc2C(=O)O)sc1Cl. The summed E-state index contributed by atoms with van der Waals surface area (Å²) in [6.45, 7) is 1.82. The van der Waals surface area contributed by atoms with Crippen LogP contribution in [0.3, 0.4) is 0 Å². The van der Waals surface area contributed by atoms with Gasteiger partial charge in [0.1, 0.15) is 6.10 Å². The average Bonchev–Trinajstić information content (AvgIpc) is 2.85. The second-order valence-corrected chi connectivity index (χ2v) is 5.16.